The second-order valence-electron chi connectivity index (χ2n) is 4.16. The van der Waals surface area contributed by atoms with Crippen molar-refractivity contribution in [3.05, 3.63) is 29.6 Å². The van der Waals surface area contributed by atoms with Gasteiger partial charge in [0.2, 0.25) is 0 Å². The highest BCUT2D eigenvalue weighted by Crippen LogP contribution is 2.05. The first kappa shape index (κ1) is 16.2. The van der Waals surface area contributed by atoms with Crippen molar-refractivity contribution in [1.29, 1.82) is 0 Å². The van der Waals surface area contributed by atoms with Gasteiger partial charge in [0.25, 0.3) is 5.91 Å². The maximum atomic E-state index is 12.2. The summed E-state index contributed by atoms with van der Waals surface area (Å²) < 4.78 is 5.22. The zero-order valence-corrected chi connectivity index (χ0v) is 11.9. The summed E-state index contributed by atoms with van der Waals surface area (Å²) in [5.74, 6) is 5.56. The Hall–Kier alpha value is -1.90. The monoisotopic (exact) mass is 276 g/mol. The van der Waals surface area contributed by atoms with Crippen LogP contribution in [0.2, 0.25) is 0 Å². The number of rotatable bonds is 6. The van der Waals surface area contributed by atoms with Gasteiger partial charge >= 0.3 is 0 Å². The highest BCUT2D eigenvalue weighted by Gasteiger charge is 2.11. The van der Waals surface area contributed by atoms with E-state index in [2.05, 4.69) is 16.8 Å². The van der Waals surface area contributed by atoms with E-state index in [0.717, 1.165) is 0 Å². The molecule has 0 bridgehead atoms. The molecule has 5 nitrogen and oxygen atoms in total. The van der Waals surface area contributed by atoms with Gasteiger partial charge in [0.15, 0.2) is 0 Å². The second-order valence-corrected chi connectivity index (χ2v) is 4.16. The minimum Gasteiger partial charge on any atom is -0.395 e. The molecule has 0 saturated heterocycles. The molecule has 0 saturated carbocycles. The number of hydrogen-bond acceptors (Lipinski definition) is 4. The minimum absolute atomic E-state index is 0.0270. The van der Waals surface area contributed by atoms with Crippen LogP contribution in [0.15, 0.2) is 18.5 Å². The molecule has 1 heterocycles. The number of carbonyl (C=O) groups is 1. The number of ether oxygens (including phenoxy) is 1. The quantitative estimate of drug-likeness (QED) is 0.620. The summed E-state index contributed by atoms with van der Waals surface area (Å²) >= 11 is 0. The Balaban J connectivity index is 2.68. The SMILES string of the molecule is CCOCCN(C)C(=O)c1cncc(C#CCCO)c1. The Labute approximate surface area is 119 Å². The predicted molar refractivity (Wildman–Crippen MR) is 76.3 cm³/mol. The maximum absolute atomic E-state index is 12.2. The molecule has 1 aromatic heterocycles. The van der Waals surface area contributed by atoms with Crippen molar-refractivity contribution in [2.24, 2.45) is 0 Å². The third kappa shape index (κ3) is 5.39. The number of amides is 1. The molecule has 1 aromatic rings. The lowest BCUT2D eigenvalue weighted by molar-refractivity contribution is 0.0709. The fourth-order valence-electron chi connectivity index (χ4n) is 1.51. The molecule has 0 unspecified atom stereocenters. The van der Waals surface area contributed by atoms with Crippen LogP contribution in [0.1, 0.15) is 29.3 Å². The second kappa shape index (κ2) is 9.08. The van der Waals surface area contributed by atoms with Crippen LogP contribution in [-0.4, -0.2) is 54.3 Å². The van der Waals surface area contributed by atoms with Gasteiger partial charge in [-0.1, -0.05) is 11.8 Å². The highest BCUT2D eigenvalue weighted by atomic mass is 16.5. The van der Waals surface area contributed by atoms with Crippen molar-refractivity contribution in [3.8, 4) is 11.8 Å². The summed E-state index contributed by atoms with van der Waals surface area (Å²) in [6.45, 7) is 3.63. The van der Waals surface area contributed by atoms with Gasteiger partial charge in [0.1, 0.15) is 0 Å². The highest BCUT2D eigenvalue weighted by molar-refractivity contribution is 5.94. The third-order valence-corrected chi connectivity index (χ3v) is 2.58. The third-order valence-electron chi connectivity index (χ3n) is 2.58. The fraction of sp³-hybridized carbons (Fsp3) is 0.467. The van der Waals surface area contributed by atoms with Crippen LogP contribution < -0.4 is 0 Å². The van der Waals surface area contributed by atoms with E-state index in [-0.39, 0.29) is 12.5 Å². The lowest BCUT2D eigenvalue weighted by Crippen LogP contribution is -2.30. The van der Waals surface area contributed by atoms with Crippen molar-refractivity contribution in [2.45, 2.75) is 13.3 Å². The molecule has 0 aliphatic carbocycles. The molecule has 0 aliphatic heterocycles. The molecule has 0 aromatic carbocycles. The van der Waals surface area contributed by atoms with E-state index < -0.39 is 0 Å². The van der Waals surface area contributed by atoms with Crippen molar-refractivity contribution >= 4 is 5.91 Å². The molecule has 0 aliphatic rings. The Morgan fingerprint density at radius 3 is 3.00 bits per heavy atom. The number of aromatic nitrogens is 1. The lowest BCUT2D eigenvalue weighted by atomic mass is 10.2. The van der Waals surface area contributed by atoms with Gasteiger partial charge in [-0.3, -0.25) is 9.78 Å². The van der Waals surface area contributed by atoms with E-state index in [4.69, 9.17) is 9.84 Å². The van der Waals surface area contributed by atoms with Crippen molar-refractivity contribution in [2.75, 3.05) is 33.4 Å². The average molecular weight is 276 g/mol. The van der Waals surface area contributed by atoms with E-state index in [1.54, 1.807) is 24.2 Å². The first-order valence-electron chi connectivity index (χ1n) is 6.57. The molecule has 0 spiro atoms. The summed E-state index contributed by atoms with van der Waals surface area (Å²) in [6.07, 6.45) is 3.53. The molecule has 1 amide bonds. The Kier molecular flexibility index (Phi) is 7.33. The number of nitrogens with zero attached hydrogens (tertiary/aromatic N) is 2. The first-order valence-corrected chi connectivity index (χ1v) is 6.57. The van der Waals surface area contributed by atoms with Crippen LogP contribution in [0.3, 0.4) is 0 Å². The molecule has 1 rings (SSSR count). The summed E-state index contributed by atoms with van der Waals surface area (Å²) in [5.41, 5.74) is 1.17. The molecule has 0 atom stereocenters. The van der Waals surface area contributed by atoms with E-state index in [9.17, 15) is 4.79 Å². The van der Waals surface area contributed by atoms with E-state index in [1.165, 1.54) is 6.20 Å². The molecule has 5 heteroatoms. The number of carbonyl (C=O) groups excluding carboxylic acids is 1. The summed E-state index contributed by atoms with van der Waals surface area (Å²) in [6, 6.07) is 1.71. The predicted octanol–water partition coefficient (Wildman–Crippen LogP) is 0.924. The minimum atomic E-state index is -0.108. The zero-order valence-electron chi connectivity index (χ0n) is 11.9. The van der Waals surface area contributed by atoms with Crippen LogP contribution in [0.4, 0.5) is 0 Å². The molecular weight excluding hydrogens is 256 g/mol. The first-order chi connectivity index (χ1) is 9.69. The molecular formula is C15H20N2O3. The number of likely N-dealkylation sites (N-methyl/N-ethyl adjacent to an activating group) is 1. The maximum Gasteiger partial charge on any atom is 0.255 e. The van der Waals surface area contributed by atoms with E-state index >= 15 is 0 Å². The van der Waals surface area contributed by atoms with Crippen molar-refractivity contribution in [3.63, 3.8) is 0 Å². The van der Waals surface area contributed by atoms with Crippen LogP contribution in [0, 0.1) is 11.8 Å². The number of aliphatic hydroxyl groups excluding tert-OH is 1. The molecule has 108 valence electrons. The Bertz CT molecular complexity index is 491. The zero-order chi connectivity index (χ0) is 14.8. The number of hydrogen-bond donors (Lipinski definition) is 1. The van der Waals surface area contributed by atoms with Crippen LogP contribution in [0.25, 0.3) is 0 Å². The van der Waals surface area contributed by atoms with Crippen LogP contribution >= 0.6 is 0 Å². The van der Waals surface area contributed by atoms with E-state index in [0.29, 0.717) is 37.3 Å². The van der Waals surface area contributed by atoms with Crippen LogP contribution in [0.5, 0.6) is 0 Å². The fourth-order valence-corrected chi connectivity index (χ4v) is 1.51. The largest absolute Gasteiger partial charge is 0.395 e. The molecule has 1 N–H and O–H groups in total. The van der Waals surface area contributed by atoms with Crippen LogP contribution in [-0.2, 0) is 4.74 Å². The molecule has 0 radical (unpaired) electrons. The van der Waals surface area contributed by atoms with Crippen molar-refractivity contribution < 1.29 is 14.6 Å². The van der Waals surface area contributed by atoms with Gasteiger partial charge in [-0.05, 0) is 13.0 Å². The van der Waals surface area contributed by atoms with Gasteiger partial charge in [0, 0.05) is 44.6 Å². The van der Waals surface area contributed by atoms with Gasteiger partial charge in [-0.15, -0.1) is 0 Å². The van der Waals surface area contributed by atoms with Gasteiger partial charge in [-0.25, -0.2) is 0 Å². The molecule has 0 fully saturated rings. The number of aliphatic hydroxyl groups is 1. The van der Waals surface area contributed by atoms with Crippen molar-refractivity contribution in [1.82, 2.24) is 9.88 Å². The Morgan fingerprint density at radius 2 is 2.30 bits per heavy atom. The van der Waals surface area contributed by atoms with Gasteiger partial charge in [-0.2, -0.15) is 0 Å². The summed E-state index contributed by atoms with van der Waals surface area (Å²) in [5, 5.41) is 8.67. The normalized spacial score (nSPS) is 9.75. The van der Waals surface area contributed by atoms with Gasteiger partial charge < -0.3 is 14.7 Å². The standard InChI is InChI=1S/C15H20N2O3/c1-3-20-9-7-17(2)15(19)14-10-13(11-16-12-14)6-4-5-8-18/h10-12,18H,3,5,7-9H2,1-2H3. The number of pyridine rings is 1. The Morgan fingerprint density at radius 1 is 1.50 bits per heavy atom. The smallest absolute Gasteiger partial charge is 0.255 e. The average Bonchev–Trinajstić information content (AvgIpc) is 2.47. The molecule has 20 heavy (non-hydrogen) atoms. The van der Waals surface area contributed by atoms with Gasteiger partial charge in [0.05, 0.1) is 18.8 Å². The lowest BCUT2D eigenvalue weighted by Gasteiger charge is -2.16. The topological polar surface area (TPSA) is 62.7 Å². The van der Waals surface area contributed by atoms with E-state index in [1.807, 2.05) is 6.92 Å². The summed E-state index contributed by atoms with van der Waals surface area (Å²) in [7, 11) is 1.73. The summed E-state index contributed by atoms with van der Waals surface area (Å²) in [4.78, 5) is 17.8.